The maximum atomic E-state index is 13.2. The molecule has 160 valence electrons. The monoisotopic (exact) mass is 409 g/mol. The van der Waals surface area contributed by atoms with Gasteiger partial charge in [0.15, 0.2) is 5.58 Å². The molecule has 2 bridgehead atoms. The highest BCUT2D eigenvalue weighted by molar-refractivity contribution is 6.04. The number of para-hydroxylation sites is 1. The van der Waals surface area contributed by atoms with E-state index in [4.69, 9.17) is 9.40 Å². The van der Waals surface area contributed by atoms with Crippen molar-refractivity contribution in [2.24, 2.45) is 0 Å². The number of nitrogens with zero attached hydrogens (tertiary/aromatic N) is 3. The van der Waals surface area contributed by atoms with Crippen molar-refractivity contribution < 1.29 is 9.21 Å². The second-order valence-electron chi connectivity index (χ2n) is 8.91. The van der Waals surface area contributed by atoms with Gasteiger partial charge >= 0.3 is 0 Å². The van der Waals surface area contributed by atoms with Crippen LogP contribution in [-0.4, -0.2) is 59.6 Å². The van der Waals surface area contributed by atoms with Crippen molar-refractivity contribution in [2.75, 3.05) is 24.5 Å². The minimum atomic E-state index is -0.0519. The number of benzene rings is 1. The molecule has 1 aromatic heterocycles. The molecule has 3 aliphatic rings. The van der Waals surface area contributed by atoms with E-state index < -0.39 is 0 Å². The van der Waals surface area contributed by atoms with Gasteiger partial charge in [0.05, 0.1) is 5.56 Å². The maximum absolute atomic E-state index is 13.2. The van der Waals surface area contributed by atoms with E-state index in [2.05, 4.69) is 33.9 Å². The molecule has 7 heteroatoms. The van der Waals surface area contributed by atoms with Crippen LogP contribution in [0.25, 0.3) is 11.1 Å². The summed E-state index contributed by atoms with van der Waals surface area (Å²) in [5.74, 6) is -0.0519. The number of carbonyl (C=O) groups is 1. The summed E-state index contributed by atoms with van der Waals surface area (Å²) in [6.45, 7) is 8.80. The van der Waals surface area contributed by atoms with Crippen molar-refractivity contribution in [1.82, 2.24) is 20.5 Å². The van der Waals surface area contributed by atoms with Crippen LogP contribution in [0.3, 0.4) is 0 Å². The third kappa shape index (κ3) is 3.45. The number of piperidine rings is 2. The summed E-state index contributed by atoms with van der Waals surface area (Å²) in [6, 6.07) is 7.70. The van der Waals surface area contributed by atoms with Gasteiger partial charge in [-0.1, -0.05) is 12.6 Å². The Kier molecular flexibility index (Phi) is 5.15. The van der Waals surface area contributed by atoms with Crippen LogP contribution >= 0.6 is 0 Å². The smallest absolute Gasteiger partial charge is 0.298 e. The van der Waals surface area contributed by atoms with E-state index in [1.807, 2.05) is 24.4 Å². The fourth-order valence-electron chi connectivity index (χ4n) is 5.46. The molecule has 5 rings (SSSR count). The van der Waals surface area contributed by atoms with Gasteiger partial charge in [-0.05, 0) is 57.4 Å². The van der Waals surface area contributed by atoms with Gasteiger partial charge in [-0.3, -0.25) is 4.79 Å². The van der Waals surface area contributed by atoms with Crippen LogP contribution in [0.15, 0.2) is 35.4 Å². The van der Waals surface area contributed by atoms with Crippen LogP contribution in [0.5, 0.6) is 0 Å². The van der Waals surface area contributed by atoms with Crippen molar-refractivity contribution in [3.05, 3.63) is 36.5 Å². The fraction of sp³-hybridized carbons (Fsp3) is 0.565. The van der Waals surface area contributed by atoms with E-state index in [1.165, 1.54) is 19.3 Å². The highest BCUT2D eigenvalue weighted by Gasteiger charge is 2.37. The molecule has 0 spiro atoms. The number of rotatable bonds is 4. The van der Waals surface area contributed by atoms with E-state index in [1.54, 1.807) is 0 Å². The predicted molar refractivity (Wildman–Crippen MR) is 118 cm³/mol. The molecule has 3 atom stereocenters. The molecule has 2 unspecified atom stereocenters. The number of amides is 1. The highest BCUT2D eigenvalue weighted by Crippen LogP contribution is 2.34. The molecule has 1 amide bonds. The Hall–Kier alpha value is -2.54. The molecule has 2 aromatic rings. The van der Waals surface area contributed by atoms with Gasteiger partial charge in [-0.25, -0.2) is 0 Å². The standard InChI is InChI=1S/C23H31N5O2/c1-3-27-17-6-4-7-18(27)13-16(12-17)25-22(29)19-8-5-9-20-21(19)26-23(30-20)28-11-10-24-14-15(28)2/h3,5,8-9,15-18,24H,1,4,6-7,10-14H2,2H3,(H,25,29)/t15-,16?,17?,18?/m0/s1. The van der Waals surface area contributed by atoms with Crippen LogP contribution in [0.1, 0.15) is 49.4 Å². The number of nitrogens with one attached hydrogen (secondary N) is 2. The Bertz CT molecular complexity index is 927. The molecular weight excluding hydrogens is 378 g/mol. The third-order valence-electron chi connectivity index (χ3n) is 6.98. The van der Waals surface area contributed by atoms with Gasteiger partial charge in [0.2, 0.25) is 0 Å². The first-order valence-electron chi connectivity index (χ1n) is 11.2. The minimum Gasteiger partial charge on any atom is -0.423 e. The average molecular weight is 410 g/mol. The zero-order valence-corrected chi connectivity index (χ0v) is 17.6. The number of carbonyl (C=O) groups excluding carboxylic acids is 1. The second kappa shape index (κ2) is 7.95. The molecule has 4 heterocycles. The number of hydrogen-bond acceptors (Lipinski definition) is 6. The molecule has 30 heavy (non-hydrogen) atoms. The third-order valence-corrected chi connectivity index (χ3v) is 6.98. The first-order valence-corrected chi connectivity index (χ1v) is 11.2. The van der Waals surface area contributed by atoms with Crippen LogP contribution in [0, 0.1) is 0 Å². The average Bonchev–Trinajstić information content (AvgIpc) is 3.17. The normalized spacial score (nSPS) is 29.1. The predicted octanol–water partition coefficient (Wildman–Crippen LogP) is 2.88. The number of anilines is 1. The second-order valence-corrected chi connectivity index (χ2v) is 8.91. The molecule has 0 saturated carbocycles. The van der Waals surface area contributed by atoms with Crippen LogP contribution in [0.2, 0.25) is 0 Å². The van der Waals surface area contributed by atoms with E-state index in [0.717, 1.165) is 32.5 Å². The first-order chi connectivity index (χ1) is 14.6. The SMILES string of the molecule is C=CN1C2CCCC1CC(NC(=O)c1cccc3oc(N4CCNC[C@@H]4C)nc13)C2. The largest absolute Gasteiger partial charge is 0.423 e. The molecule has 0 aliphatic carbocycles. The first kappa shape index (κ1) is 19.4. The Morgan fingerprint density at radius 3 is 2.87 bits per heavy atom. The Morgan fingerprint density at radius 1 is 1.33 bits per heavy atom. The number of hydrogen-bond donors (Lipinski definition) is 2. The van der Waals surface area contributed by atoms with Gasteiger partial charge in [-0.2, -0.15) is 4.98 Å². The molecule has 1 aromatic carbocycles. The molecule has 0 radical (unpaired) electrons. The molecule has 2 N–H and O–H groups in total. The maximum Gasteiger partial charge on any atom is 0.298 e. The minimum absolute atomic E-state index is 0.0519. The summed E-state index contributed by atoms with van der Waals surface area (Å²) in [7, 11) is 0. The zero-order chi connectivity index (χ0) is 20.7. The highest BCUT2D eigenvalue weighted by atomic mass is 16.4. The lowest BCUT2D eigenvalue weighted by Crippen LogP contribution is -2.54. The van der Waals surface area contributed by atoms with Crippen molar-refractivity contribution in [3.8, 4) is 0 Å². The number of fused-ring (bicyclic) bond motifs is 3. The molecule has 7 nitrogen and oxygen atoms in total. The van der Waals surface area contributed by atoms with Gasteiger partial charge in [0.25, 0.3) is 11.9 Å². The molecule has 3 saturated heterocycles. The van der Waals surface area contributed by atoms with Crippen LogP contribution in [-0.2, 0) is 0 Å². The van der Waals surface area contributed by atoms with Gasteiger partial charge < -0.3 is 24.9 Å². The van der Waals surface area contributed by atoms with E-state index >= 15 is 0 Å². The molecular formula is C23H31N5O2. The van der Waals surface area contributed by atoms with E-state index in [0.29, 0.717) is 40.8 Å². The lowest BCUT2D eigenvalue weighted by molar-refractivity contribution is 0.0624. The number of piperazine rings is 1. The summed E-state index contributed by atoms with van der Waals surface area (Å²) in [5.41, 5.74) is 1.92. The molecule has 3 fully saturated rings. The fourth-order valence-corrected chi connectivity index (χ4v) is 5.46. The van der Waals surface area contributed by atoms with Crippen molar-refractivity contribution in [2.45, 2.75) is 63.2 Å². The summed E-state index contributed by atoms with van der Waals surface area (Å²) in [5, 5.41) is 6.68. The lowest BCUT2D eigenvalue weighted by atomic mass is 9.82. The van der Waals surface area contributed by atoms with Gasteiger partial charge in [0, 0.05) is 43.8 Å². The summed E-state index contributed by atoms with van der Waals surface area (Å²) in [6.07, 6.45) is 7.58. The topological polar surface area (TPSA) is 73.6 Å². The van der Waals surface area contributed by atoms with Gasteiger partial charge in [-0.15, -0.1) is 0 Å². The van der Waals surface area contributed by atoms with E-state index in [9.17, 15) is 4.79 Å². The van der Waals surface area contributed by atoms with Crippen molar-refractivity contribution in [1.29, 1.82) is 0 Å². The van der Waals surface area contributed by atoms with E-state index in [-0.39, 0.29) is 11.9 Å². The summed E-state index contributed by atoms with van der Waals surface area (Å²) >= 11 is 0. The van der Waals surface area contributed by atoms with Crippen molar-refractivity contribution >= 4 is 23.0 Å². The van der Waals surface area contributed by atoms with Gasteiger partial charge in [0.1, 0.15) is 5.52 Å². The quantitative estimate of drug-likeness (QED) is 0.809. The Morgan fingerprint density at radius 2 is 2.13 bits per heavy atom. The summed E-state index contributed by atoms with van der Waals surface area (Å²) in [4.78, 5) is 22.5. The number of oxazole rings is 1. The van der Waals surface area contributed by atoms with Crippen LogP contribution < -0.4 is 15.5 Å². The van der Waals surface area contributed by atoms with Crippen molar-refractivity contribution in [3.63, 3.8) is 0 Å². The Labute approximate surface area is 177 Å². The summed E-state index contributed by atoms with van der Waals surface area (Å²) < 4.78 is 6.04. The molecule has 3 aliphatic heterocycles. The lowest BCUT2D eigenvalue weighted by Gasteiger charge is -2.48. The Balaban J connectivity index is 1.35. The zero-order valence-electron chi connectivity index (χ0n) is 17.6. The van der Waals surface area contributed by atoms with Crippen LogP contribution in [0.4, 0.5) is 6.01 Å². The number of aromatic nitrogens is 1.